The SMILES string of the molecule is Nc1nc(N)nc(CN(CCO)CC(F)(F)F)n1. The van der Waals surface area contributed by atoms with E-state index in [4.69, 9.17) is 16.6 Å². The second kappa shape index (κ2) is 5.78. The van der Waals surface area contributed by atoms with E-state index in [1.165, 1.54) is 0 Å². The Kier molecular flexibility index (Phi) is 4.62. The molecule has 0 fully saturated rings. The van der Waals surface area contributed by atoms with E-state index in [1.807, 2.05) is 0 Å². The van der Waals surface area contributed by atoms with Gasteiger partial charge in [0.25, 0.3) is 0 Å². The molecule has 0 atom stereocenters. The number of aliphatic hydroxyl groups is 1. The first kappa shape index (κ1) is 14.4. The van der Waals surface area contributed by atoms with Crippen LogP contribution >= 0.6 is 0 Å². The quantitative estimate of drug-likeness (QED) is 0.651. The molecule has 0 aromatic carbocycles. The Balaban J connectivity index is 2.76. The molecule has 0 aliphatic rings. The van der Waals surface area contributed by atoms with Gasteiger partial charge in [0, 0.05) is 6.54 Å². The molecule has 102 valence electrons. The van der Waals surface area contributed by atoms with Crippen molar-refractivity contribution < 1.29 is 18.3 Å². The molecule has 1 aromatic rings. The van der Waals surface area contributed by atoms with Gasteiger partial charge in [0.15, 0.2) is 0 Å². The summed E-state index contributed by atoms with van der Waals surface area (Å²) in [6, 6.07) is 0. The summed E-state index contributed by atoms with van der Waals surface area (Å²) in [5.74, 6) is -0.292. The van der Waals surface area contributed by atoms with Gasteiger partial charge in [-0.05, 0) is 0 Å². The summed E-state index contributed by atoms with van der Waals surface area (Å²) in [6.45, 7) is -1.98. The molecular weight excluding hydrogens is 253 g/mol. The number of rotatable bonds is 5. The summed E-state index contributed by atoms with van der Waals surface area (Å²) in [5.41, 5.74) is 10.6. The number of anilines is 2. The zero-order chi connectivity index (χ0) is 13.8. The summed E-state index contributed by atoms with van der Waals surface area (Å²) in [7, 11) is 0. The third kappa shape index (κ3) is 5.10. The molecule has 1 rings (SSSR count). The molecular formula is C8H13F3N6O. The fourth-order valence-electron chi connectivity index (χ4n) is 1.34. The lowest BCUT2D eigenvalue weighted by molar-refractivity contribution is -0.148. The molecule has 0 aliphatic carbocycles. The Labute approximate surface area is 101 Å². The van der Waals surface area contributed by atoms with Gasteiger partial charge < -0.3 is 16.6 Å². The monoisotopic (exact) mass is 266 g/mol. The number of halogens is 3. The maximum atomic E-state index is 12.3. The van der Waals surface area contributed by atoms with Crippen LogP contribution in [0.3, 0.4) is 0 Å². The van der Waals surface area contributed by atoms with Crippen LogP contribution in [0.4, 0.5) is 25.1 Å². The zero-order valence-corrected chi connectivity index (χ0v) is 9.35. The van der Waals surface area contributed by atoms with Gasteiger partial charge in [-0.15, -0.1) is 0 Å². The lowest BCUT2D eigenvalue weighted by Crippen LogP contribution is -2.36. The van der Waals surface area contributed by atoms with Gasteiger partial charge in [-0.3, -0.25) is 4.90 Å². The number of aliphatic hydroxyl groups excluding tert-OH is 1. The Bertz CT molecular complexity index is 379. The average molecular weight is 266 g/mol. The van der Waals surface area contributed by atoms with Crippen LogP contribution in [0.2, 0.25) is 0 Å². The van der Waals surface area contributed by atoms with Gasteiger partial charge in [0.05, 0.1) is 19.7 Å². The van der Waals surface area contributed by atoms with Gasteiger partial charge in [-0.2, -0.15) is 28.1 Å². The molecule has 0 radical (unpaired) electrons. The van der Waals surface area contributed by atoms with Crippen LogP contribution in [0.1, 0.15) is 5.82 Å². The van der Waals surface area contributed by atoms with Gasteiger partial charge in [0.2, 0.25) is 11.9 Å². The maximum absolute atomic E-state index is 12.3. The maximum Gasteiger partial charge on any atom is 0.401 e. The molecule has 0 spiro atoms. The molecule has 0 bridgehead atoms. The topological polar surface area (TPSA) is 114 Å². The first-order valence-electron chi connectivity index (χ1n) is 4.96. The summed E-state index contributed by atoms with van der Waals surface area (Å²) in [4.78, 5) is 11.8. The number of hydrogen-bond donors (Lipinski definition) is 3. The molecule has 0 aliphatic heterocycles. The van der Waals surface area contributed by atoms with Crippen molar-refractivity contribution >= 4 is 11.9 Å². The van der Waals surface area contributed by atoms with Crippen molar-refractivity contribution in [3.05, 3.63) is 5.82 Å². The van der Waals surface area contributed by atoms with Crippen molar-refractivity contribution in [1.29, 1.82) is 0 Å². The molecule has 1 heterocycles. The molecule has 0 saturated carbocycles. The van der Waals surface area contributed by atoms with E-state index in [9.17, 15) is 13.2 Å². The number of nitrogens with zero attached hydrogens (tertiary/aromatic N) is 4. The van der Waals surface area contributed by atoms with E-state index in [-0.39, 0.29) is 30.8 Å². The highest BCUT2D eigenvalue weighted by Crippen LogP contribution is 2.17. The van der Waals surface area contributed by atoms with E-state index >= 15 is 0 Å². The average Bonchev–Trinajstić information content (AvgIpc) is 2.12. The van der Waals surface area contributed by atoms with Crippen molar-refractivity contribution in [2.24, 2.45) is 0 Å². The third-order valence-electron chi connectivity index (χ3n) is 1.90. The summed E-state index contributed by atoms with van der Waals surface area (Å²) >= 11 is 0. The van der Waals surface area contributed by atoms with Crippen molar-refractivity contribution in [3.63, 3.8) is 0 Å². The van der Waals surface area contributed by atoms with Crippen LogP contribution in [-0.4, -0.2) is 50.8 Å². The smallest absolute Gasteiger partial charge is 0.395 e. The molecule has 18 heavy (non-hydrogen) atoms. The van der Waals surface area contributed by atoms with Gasteiger partial charge >= 0.3 is 6.18 Å². The molecule has 7 nitrogen and oxygen atoms in total. The van der Waals surface area contributed by atoms with Crippen molar-refractivity contribution in [2.45, 2.75) is 12.7 Å². The van der Waals surface area contributed by atoms with Crippen LogP contribution in [0.15, 0.2) is 0 Å². The largest absolute Gasteiger partial charge is 0.401 e. The highest BCUT2D eigenvalue weighted by atomic mass is 19.4. The van der Waals surface area contributed by atoms with E-state index in [0.29, 0.717) is 0 Å². The van der Waals surface area contributed by atoms with Gasteiger partial charge in [-0.25, -0.2) is 0 Å². The standard InChI is InChI=1S/C8H13F3N6O/c9-8(10,11)4-17(1-2-18)3-5-14-6(12)16-7(13)15-5/h18H,1-4H2,(H4,12,13,14,15,16). The minimum Gasteiger partial charge on any atom is -0.395 e. The lowest BCUT2D eigenvalue weighted by atomic mass is 10.4. The minimum atomic E-state index is -4.38. The van der Waals surface area contributed by atoms with E-state index in [0.717, 1.165) is 4.90 Å². The van der Waals surface area contributed by atoms with Crippen molar-refractivity contribution in [3.8, 4) is 0 Å². The van der Waals surface area contributed by atoms with Crippen LogP contribution in [-0.2, 0) is 6.54 Å². The van der Waals surface area contributed by atoms with E-state index in [1.54, 1.807) is 0 Å². The highest BCUT2D eigenvalue weighted by Gasteiger charge is 2.30. The molecule has 1 aromatic heterocycles. The Morgan fingerprint density at radius 3 is 2.11 bits per heavy atom. The van der Waals surface area contributed by atoms with E-state index < -0.39 is 19.3 Å². The fourth-order valence-corrected chi connectivity index (χ4v) is 1.34. The number of alkyl halides is 3. The number of nitrogen functional groups attached to an aromatic ring is 2. The lowest BCUT2D eigenvalue weighted by Gasteiger charge is -2.21. The van der Waals surface area contributed by atoms with Crippen LogP contribution in [0, 0.1) is 0 Å². The van der Waals surface area contributed by atoms with E-state index in [2.05, 4.69) is 15.0 Å². The van der Waals surface area contributed by atoms with Crippen LogP contribution < -0.4 is 11.5 Å². The number of aromatic nitrogens is 3. The summed E-state index contributed by atoms with van der Waals surface area (Å²) in [6.07, 6.45) is -4.38. The summed E-state index contributed by atoms with van der Waals surface area (Å²) in [5, 5.41) is 8.71. The molecule has 5 N–H and O–H groups in total. The molecule has 0 saturated heterocycles. The van der Waals surface area contributed by atoms with Gasteiger partial charge in [0.1, 0.15) is 5.82 Å². The highest BCUT2D eigenvalue weighted by molar-refractivity contribution is 5.25. The first-order chi connectivity index (χ1) is 8.30. The van der Waals surface area contributed by atoms with Crippen molar-refractivity contribution in [1.82, 2.24) is 19.9 Å². The molecule has 0 amide bonds. The fraction of sp³-hybridized carbons (Fsp3) is 0.625. The first-order valence-corrected chi connectivity index (χ1v) is 4.96. The predicted molar refractivity (Wildman–Crippen MR) is 57.1 cm³/mol. The van der Waals surface area contributed by atoms with Crippen molar-refractivity contribution in [2.75, 3.05) is 31.2 Å². The van der Waals surface area contributed by atoms with Crippen LogP contribution in [0.5, 0.6) is 0 Å². The predicted octanol–water partition coefficient (Wildman–Crippen LogP) is -0.607. The Morgan fingerprint density at radius 2 is 1.67 bits per heavy atom. The van der Waals surface area contributed by atoms with Crippen LogP contribution in [0.25, 0.3) is 0 Å². The minimum absolute atomic E-state index is 0.0256. The zero-order valence-electron chi connectivity index (χ0n) is 9.35. The molecule has 0 unspecified atom stereocenters. The number of nitrogens with two attached hydrogens (primary N) is 2. The summed E-state index contributed by atoms with van der Waals surface area (Å²) < 4.78 is 36.8. The third-order valence-corrected chi connectivity index (χ3v) is 1.90. The Hall–Kier alpha value is -1.68. The molecule has 10 heteroatoms. The normalized spacial score (nSPS) is 12.1. The van der Waals surface area contributed by atoms with Gasteiger partial charge in [-0.1, -0.05) is 0 Å². The number of hydrogen-bond acceptors (Lipinski definition) is 7. The second-order valence-corrected chi connectivity index (χ2v) is 3.52. The Morgan fingerprint density at radius 1 is 1.11 bits per heavy atom. The second-order valence-electron chi connectivity index (χ2n) is 3.52.